The van der Waals surface area contributed by atoms with Crippen LogP contribution in [0, 0.1) is 0 Å². The molecule has 1 saturated heterocycles. The molecule has 446 valence electrons. The molecule has 0 aromatic rings. The highest BCUT2D eigenvalue weighted by Gasteiger charge is 2.44. The summed E-state index contributed by atoms with van der Waals surface area (Å²) in [5.41, 5.74) is 0. The van der Waals surface area contributed by atoms with Crippen LogP contribution in [0.1, 0.15) is 348 Å². The molecule has 1 heterocycles. The average Bonchev–Trinajstić information content (AvgIpc) is 3.41. The van der Waals surface area contributed by atoms with Gasteiger partial charge in [-0.15, -0.1) is 0 Å². The van der Waals surface area contributed by atoms with E-state index in [1.165, 1.54) is 283 Å². The summed E-state index contributed by atoms with van der Waals surface area (Å²) in [4.78, 5) is 13.1. The van der Waals surface area contributed by atoms with Crippen LogP contribution in [0.4, 0.5) is 0 Å². The molecule has 1 aliphatic rings. The van der Waals surface area contributed by atoms with Gasteiger partial charge in [-0.25, -0.2) is 0 Å². The van der Waals surface area contributed by atoms with Crippen LogP contribution < -0.4 is 5.32 Å². The Balaban J connectivity index is 2.12. The Morgan fingerprint density at radius 2 is 0.747 bits per heavy atom. The van der Waals surface area contributed by atoms with Crippen LogP contribution in [-0.2, 0) is 14.3 Å². The van der Waals surface area contributed by atoms with Crippen molar-refractivity contribution in [3.05, 3.63) is 12.2 Å². The summed E-state index contributed by atoms with van der Waals surface area (Å²) in [6.45, 7) is 3.90. The molecule has 9 nitrogen and oxygen atoms in total. The second kappa shape index (κ2) is 56.2. The van der Waals surface area contributed by atoms with Gasteiger partial charge in [0.05, 0.1) is 25.4 Å². The highest BCUT2D eigenvalue weighted by atomic mass is 16.7. The Morgan fingerprint density at radius 1 is 0.440 bits per heavy atom. The lowest BCUT2D eigenvalue weighted by Gasteiger charge is -2.40. The third-order valence-electron chi connectivity index (χ3n) is 16.4. The number of aliphatic hydroxyl groups is 5. The molecule has 0 aromatic carbocycles. The van der Waals surface area contributed by atoms with E-state index in [1.54, 1.807) is 0 Å². The molecule has 1 fully saturated rings. The van der Waals surface area contributed by atoms with E-state index in [0.717, 1.165) is 38.5 Å². The maximum absolute atomic E-state index is 13.1. The van der Waals surface area contributed by atoms with Crippen molar-refractivity contribution in [3.63, 3.8) is 0 Å². The number of rotatable bonds is 59. The Morgan fingerprint density at radius 3 is 1.08 bits per heavy atom. The summed E-state index contributed by atoms with van der Waals surface area (Å²) in [6.07, 6.45) is 64.1. The first-order valence-electron chi connectivity index (χ1n) is 33.4. The molecule has 75 heavy (non-hydrogen) atoms. The number of ether oxygens (including phenoxy) is 2. The van der Waals surface area contributed by atoms with Crippen LogP contribution >= 0.6 is 0 Å². The highest BCUT2D eigenvalue weighted by Crippen LogP contribution is 2.24. The van der Waals surface area contributed by atoms with Crippen molar-refractivity contribution in [1.82, 2.24) is 5.32 Å². The van der Waals surface area contributed by atoms with Gasteiger partial charge in [0.15, 0.2) is 6.29 Å². The molecule has 6 N–H and O–H groups in total. The molecule has 0 saturated carbocycles. The van der Waals surface area contributed by atoms with Crippen molar-refractivity contribution >= 4 is 5.91 Å². The number of allylic oxidation sites excluding steroid dienone is 2. The topological polar surface area (TPSA) is 149 Å². The Labute approximate surface area is 465 Å². The van der Waals surface area contributed by atoms with Crippen molar-refractivity contribution in [1.29, 1.82) is 0 Å². The number of hydrogen-bond acceptors (Lipinski definition) is 8. The van der Waals surface area contributed by atoms with Crippen LogP contribution in [0.15, 0.2) is 12.2 Å². The van der Waals surface area contributed by atoms with Gasteiger partial charge in [0.1, 0.15) is 24.4 Å². The number of hydrogen-bond donors (Lipinski definition) is 6. The van der Waals surface area contributed by atoms with E-state index < -0.39 is 49.5 Å². The van der Waals surface area contributed by atoms with Gasteiger partial charge in [-0.3, -0.25) is 4.79 Å². The molecule has 0 aliphatic carbocycles. The first kappa shape index (κ1) is 71.9. The Hall–Kier alpha value is -1.07. The summed E-state index contributed by atoms with van der Waals surface area (Å²) in [6, 6.07) is -0.716. The van der Waals surface area contributed by atoms with E-state index in [2.05, 4.69) is 31.3 Å². The van der Waals surface area contributed by atoms with Crippen LogP contribution in [-0.4, -0.2) is 87.5 Å². The van der Waals surface area contributed by atoms with Crippen LogP contribution in [0.25, 0.3) is 0 Å². The molecule has 0 aromatic heterocycles. The lowest BCUT2D eigenvalue weighted by Crippen LogP contribution is -2.60. The van der Waals surface area contributed by atoms with E-state index in [4.69, 9.17) is 9.47 Å². The Bertz CT molecular complexity index is 1190. The maximum atomic E-state index is 13.1. The zero-order valence-electron chi connectivity index (χ0n) is 49.8. The monoisotopic (exact) mass is 1060 g/mol. The zero-order chi connectivity index (χ0) is 54.3. The third kappa shape index (κ3) is 45.4. The molecule has 7 atom stereocenters. The van der Waals surface area contributed by atoms with Gasteiger partial charge in [-0.2, -0.15) is 0 Å². The molecule has 0 bridgehead atoms. The molecule has 0 radical (unpaired) electrons. The molecule has 1 aliphatic heterocycles. The fourth-order valence-corrected chi connectivity index (χ4v) is 11.1. The van der Waals surface area contributed by atoms with Gasteiger partial charge in [0, 0.05) is 6.42 Å². The molecule has 1 rings (SSSR count). The van der Waals surface area contributed by atoms with Crippen molar-refractivity contribution in [2.75, 3.05) is 13.2 Å². The SMILES string of the molecule is CCCCCCCCCC/C=C\CCCCCCCCCCCCCCCCCCCC(=O)NC(COC1OC(CO)C(O)C(O)C1O)C(O)CCCCCCCCCCCCCCCCCCCCCCCCC. The summed E-state index contributed by atoms with van der Waals surface area (Å²) < 4.78 is 11.4. The number of amides is 1. The lowest BCUT2D eigenvalue weighted by atomic mass is 9.99. The predicted molar refractivity (Wildman–Crippen MR) is 318 cm³/mol. The van der Waals surface area contributed by atoms with Crippen molar-refractivity contribution in [2.45, 2.75) is 391 Å². The van der Waals surface area contributed by atoms with Crippen LogP contribution in [0.2, 0.25) is 0 Å². The second-order valence-corrected chi connectivity index (χ2v) is 23.6. The van der Waals surface area contributed by atoms with Gasteiger partial charge in [0.25, 0.3) is 0 Å². The van der Waals surface area contributed by atoms with Crippen LogP contribution in [0.5, 0.6) is 0 Å². The van der Waals surface area contributed by atoms with E-state index in [1.807, 2.05) is 0 Å². The van der Waals surface area contributed by atoms with E-state index in [-0.39, 0.29) is 12.5 Å². The molecule has 1 amide bonds. The van der Waals surface area contributed by atoms with E-state index >= 15 is 0 Å². The molecule has 7 unspecified atom stereocenters. The lowest BCUT2D eigenvalue weighted by molar-refractivity contribution is -0.302. The number of carbonyl (C=O) groups is 1. The molecular formula is C66H129NO8. The maximum Gasteiger partial charge on any atom is 0.220 e. The standard InChI is InChI=1S/C66H129NO8/c1-3-5-7-9-11-13-15-17-19-21-23-25-27-28-29-30-31-32-34-36-38-40-42-44-46-48-50-52-54-56-62(70)67-59(58-74-66-65(73)64(72)63(71)61(57-68)75-66)60(69)55-53-51-49-47-45-43-41-39-37-35-33-26-24-22-20-18-16-14-12-10-8-6-4-2/h21,23,59-61,63-66,68-69,71-73H,3-20,22,24-58H2,1-2H3,(H,67,70)/b23-21-. The average molecular weight is 1060 g/mol. The van der Waals surface area contributed by atoms with Crippen molar-refractivity contribution in [3.8, 4) is 0 Å². The first-order chi connectivity index (χ1) is 36.8. The third-order valence-corrected chi connectivity index (χ3v) is 16.4. The minimum absolute atomic E-state index is 0.132. The van der Waals surface area contributed by atoms with Crippen molar-refractivity contribution < 1.29 is 39.8 Å². The predicted octanol–water partition coefficient (Wildman–Crippen LogP) is 17.5. The fraction of sp³-hybridized carbons (Fsp3) is 0.955. The van der Waals surface area contributed by atoms with Gasteiger partial charge in [0.2, 0.25) is 5.91 Å². The second-order valence-electron chi connectivity index (χ2n) is 23.6. The number of nitrogens with one attached hydrogen (secondary N) is 1. The van der Waals surface area contributed by atoms with Gasteiger partial charge < -0.3 is 40.3 Å². The van der Waals surface area contributed by atoms with Crippen molar-refractivity contribution in [2.24, 2.45) is 0 Å². The minimum Gasteiger partial charge on any atom is -0.394 e. The van der Waals surface area contributed by atoms with Gasteiger partial charge in [-0.1, -0.05) is 315 Å². The smallest absolute Gasteiger partial charge is 0.220 e. The summed E-state index contributed by atoms with van der Waals surface area (Å²) in [7, 11) is 0. The minimum atomic E-state index is -1.55. The first-order valence-corrected chi connectivity index (χ1v) is 33.4. The largest absolute Gasteiger partial charge is 0.394 e. The van der Waals surface area contributed by atoms with E-state index in [0.29, 0.717) is 12.8 Å². The fourth-order valence-electron chi connectivity index (χ4n) is 11.1. The molecule has 0 spiro atoms. The summed E-state index contributed by atoms with van der Waals surface area (Å²) in [5, 5.41) is 54.9. The molecule has 9 heteroatoms. The highest BCUT2D eigenvalue weighted by molar-refractivity contribution is 5.76. The Kier molecular flexibility index (Phi) is 53.9. The summed E-state index contributed by atoms with van der Waals surface area (Å²) in [5.74, 6) is -0.136. The molecular weight excluding hydrogens is 935 g/mol. The van der Waals surface area contributed by atoms with Gasteiger partial charge >= 0.3 is 0 Å². The number of aliphatic hydroxyl groups excluding tert-OH is 5. The van der Waals surface area contributed by atoms with E-state index in [9.17, 15) is 30.3 Å². The van der Waals surface area contributed by atoms with Crippen LogP contribution in [0.3, 0.4) is 0 Å². The van der Waals surface area contributed by atoms with Gasteiger partial charge in [-0.05, 0) is 38.5 Å². The quantitative estimate of drug-likeness (QED) is 0.0261. The normalized spacial score (nSPS) is 18.8. The number of carbonyl (C=O) groups excluding carboxylic acids is 1. The number of unbranched alkanes of at least 4 members (excludes halogenated alkanes) is 47. The summed E-state index contributed by atoms with van der Waals surface area (Å²) >= 11 is 0. The zero-order valence-corrected chi connectivity index (χ0v) is 49.8.